The van der Waals surface area contributed by atoms with Gasteiger partial charge in [0, 0.05) is 10.9 Å². The second-order valence-corrected chi connectivity index (χ2v) is 3.56. The van der Waals surface area contributed by atoms with E-state index in [1.807, 2.05) is 18.2 Å². The van der Waals surface area contributed by atoms with Crippen LogP contribution in [0.25, 0.3) is 0 Å². The molecular weight excluding hydrogens is 191 g/mol. The van der Waals surface area contributed by atoms with Crippen LogP contribution in [-0.4, -0.2) is 5.88 Å². The smallest absolute Gasteiger partial charge is 0.0408 e. The van der Waals surface area contributed by atoms with Crippen LogP contribution >= 0.6 is 23.2 Å². The van der Waals surface area contributed by atoms with Gasteiger partial charge in [0.2, 0.25) is 0 Å². The minimum atomic E-state index is 0.436. The molecule has 1 atom stereocenters. The number of rotatable bonds is 3. The van der Waals surface area contributed by atoms with E-state index in [2.05, 4.69) is 13.0 Å². The van der Waals surface area contributed by atoms with Crippen molar-refractivity contribution in [2.24, 2.45) is 0 Å². The first-order valence-corrected chi connectivity index (χ1v) is 5.00. The van der Waals surface area contributed by atoms with Gasteiger partial charge in [-0.2, -0.15) is 0 Å². The van der Waals surface area contributed by atoms with Gasteiger partial charge in [0.15, 0.2) is 0 Å². The lowest BCUT2D eigenvalue weighted by molar-refractivity contribution is 0.740. The Bertz CT molecular complexity index is 241. The quantitative estimate of drug-likeness (QED) is 0.649. The third kappa shape index (κ3) is 2.40. The van der Waals surface area contributed by atoms with Crippen LogP contribution in [0.1, 0.15) is 24.8 Å². The van der Waals surface area contributed by atoms with E-state index >= 15 is 0 Å². The van der Waals surface area contributed by atoms with Gasteiger partial charge in [0.25, 0.3) is 0 Å². The van der Waals surface area contributed by atoms with E-state index < -0.39 is 0 Å². The Morgan fingerprint density at radius 1 is 1.42 bits per heavy atom. The summed E-state index contributed by atoms with van der Waals surface area (Å²) in [5.74, 6) is 1.10. The normalized spacial score (nSPS) is 12.9. The van der Waals surface area contributed by atoms with Crippen molar-refractivity contribution in [3.05, 3.63) is 34.9 Å². The summed E-state index contributed by atoms with van der Waals surface area (Å²) in [7, 11) is 0. The van der Waals surface area contributed by atoms with Crippen LogP contribution in [0.4, 0.5) is 0 Å². The summed E-state index contributed by atoms with van der Waals surface area (Å²) in [6, 6.07) is 7.90. The van der Waals surface area contributed by atoms with E-state index in [-0.39, 0.29) is 0 Å². The molecule has 0 N–H and O–H groups in total. The summed E-state index contributed by atoms with van der Waals surface area (Å²) in [6.45, 7) is 2.13. The van der Waals surface area contributed by atoms with Crippen molar-refractivity contribution in [3.63, 3.8) is 0 Å². The van der Waals surface area contributed by atoms with Gasteiger partial charge in [-0.3, -0.25) is 0 Å². The Morgan fingerprint density at radius 3 is 2.67 bits per heavy atom. The molecule has 0 aliphatic heterocycles. The predicted molar refractivity (Wildman–Crippen MR) is 55.2 cm³/mol. The van der Waals surface area contributed by atoms with E-state index in [0.717, 1.165) is 11.4 Å². The average molecular weight is 203 g/mol. The third-order valence-electron chi connectivity index (χ3n) is 2.00. The zero-order chi connectivity index (χ0) is 8.97. The molecular formula is C10H12Cl2. The first kappa shape index (κ1) is 9.88. The van der Waals surface area contributed by atoms with Crippen molar-refractivity contribution >= 4 is 23.2 Å². The molecule has 0 radical (unpaired) electrons. The molecule has 0 aliphatic rings. The summed E-state index contributed by atoms with van der Waals surface area (Å²) in [4.78, 5) is 0. The van der Waals surface area contributed by atoms with Gasteiger partial charge >= 0.3 is 0 Å². The molecule has 0 saturated carbocycles. The Kier molecular flexibility index (Phi) is 3.90. The number of hydrogen-bond donors (Lipinski definition) is 0. The van der Waals surface area contributed by atoms with Crippen LogP contribution in [0, 0.1) is 0 Å². The van der Waals surface area contributed by atoms with E-state index in [0.29, 0.717) is 11.8 Å². The Labute approximate surface area is 83.5 Å². The van der Waals surface area contributed by atoms with Crippen LogP contribution < -0.4 is 0 Å². The monoisotopic (exact) mass is 202 g/mol. The molecule has 12 heavy (non-hydrogen) atoms. The van der Waals surface area contributed by atoms with Gasteiger partial charge in [-0.25, -0.2) is 0 Å². The molecule has 0 spiro atoms. The molecule has 0 nitrogen and oxygen atoms in total. The summed E-state index contributed by atoms with van der Waals surface area (Å²) in [5, 5.41) is 0.788. The Hall–Kier alpha value is -0.200. The largest absolute Gasteiger partial charge is 0.126 e. The minimum absolute atomic E-state index is 0.436. The molecule has 0 heterocycles. The van der Waals surface area contributed by atoms with Crippen molar-refractivity contribution in [3.8, 4) is 0 Å². The van der Waals surface area contributed by atoms with Gasteiger partial charge < -0.3 is 0 Å². The van der Waals surface area contributed by atoms with Gasteiger partial charge in [0.1, 0.15) is 0 Å². The van der Waals surface area contributed by atoms with E-state index in [1.54, 1.807) is 0 Å². The van der Waals surface area contributed by atoms with Crippen molar-refractivity contribution in [1.29, 1.82) is 0 Å². The summed E-state index contributed by atoms with van der Waals surface area (Å²) >= 11 is 11.7. The highest BCUT2D eigenvalue weighted by Gasteiger charge is 2.07. The zero-order valence-corrected chi connectivity index (χ0v) is 8.57. The fourth-order valence-electron chi connectivity index (χ4n) is 1.19. The fourth-order valence-corrected chi connectivity index (χ4v) is 1.79. The lowest BCUT2D eigenvalue weighted by Crippen LogP contribution is -1.97. The van der Waals surface area contributed by atoms with Crippen molar-refractivity contribution < 1.29 is 0 Å². The van der Waals surface area contributed by atoms with Crippen molar-refractivity contribution in [2.45, 2.75) is 19.3 Å². The van der Waals surface area contributed by atoms with Crippen LogP contribution in [0.2, 0.25) is 5.02 Å². The summed E-state index contributed by atoms with van der Waals surface area (Å²) in [6.07, 6.45) is 1.06. The van der Waals surface area contributed by atoms with Crippen LogP contribution in [0.15, 0.2) is 24.3 Å². The Balaban J connectivity index is 2.85. The average Bonchev–Trinajstić information content (AvgIpc) is 2.07. The minimum Gasteiger partial charge on any atom is -0.126 e. The molecule has 1 rings (SSSR count). The maximum atomic E-state index is 5.86. The topological polar surface area (TPSA) is 0 Å². The molecule has 0 amide bonds. The maximum absolute atomic E-state index is 5.86. The lowest BCUT2D eigenvalue weighted by atomic mass is 9.99. The second kappa shape index (κ2) is 4.74. The zero-order valence-electron chi connectivity index (χ0n) is 7.06. The third-order valence-corrected chi connectivity index (χ3v) is 2.61. The molecule has 1 aromatic carbocycles. The molecule has 0 fully saturated rings. The molecule has 66 valence electrons. The first-order chi connectivity index (χ1) is 5.77. The number of hydrogen-bond acceptors (Lipinski definition) is 0. The number of halogens is 2. The molecule has 0 bridgehead atoms. The molecule has 0 aromatic heterocycles. The molecule has 0 saturated heterocycles. The predicted octanol–water partition coefficient (Wildman–Crippen LogP) is 4.07. The standard InChI is InChI=1S/C10H12Cl2/c1-2-8(7-11)9-4-3-5-10(12)6-9/h3-6,8H,2,7H2,1H3. The van der Waals surface area contributed by atoms with E-state index in [9.17, 15) is 0 Å². The second-order valence-electron chi connectivity index (χ2n) is 2.81. The summed E-state index contributed by atoms with van der Waals surface area (Å²) in [5.41, 5.74) is 1.24. The fraction of sp³-hybridized carbons (Fsp3) is 0.400. The lowest BCUT2D eigenvalue weighted by Gasteiger charge is -2.11. The van der Waals surface area contributed by atoms with Gasteiger partial charge in [-0.15, -0.1) is 11.6 Å². The maximum Gasteiger partial charge on any atom is 0.0408 e. The van der Waals surface area contributed by atoms with Gasteiger partial charge in [-0.05, 0) is 30.0 Å². The highest BCUT2D eigenvalue weighted by molar-refractivity contribution is 6.30. The van der Waals surface area contributed by atoms with Crippen LogP contribution in [0.3, 0.4) is 0 Å². The Morgan fingerprint density at radius 2 is 2.17 bits per heavy atom. The highest BCUT2D eigenvalue weighted by atomic mass is 35.5. The molecule has 1 unspecified atom stereocenters. The number of alkyl halides is 1. The van der Waals surface area contributed by atoms with Crippen LogP contribution in [0.5, 0.6) is 0 Å². The van der Waals surface area contributed by atoms with Gasteiger partial charge in [0.05, 0.1) is 0 Å². The molecule has 2 heteroatoms. The van der Waals surface area contributed by atoms with Crippen molar-refractivity contribution in [1.82, 2.24) is 0 Å². The van der Waals surface area contributed by atoms with Gasteiger partial charge in [-0.1, -0.05) is 30.7 Å². The van der Waals surface area contributed by atoms with E-state index in [1.165, 1.54) is 5.56 Å². The molecule has 1 aromatic rings. The first-order valence-electron chi connectivity index (χ1n) is 4.09. The van der Waals surface area contributed by atoms with E-state index in [4.69, 9.17) is 23.2 Å². The highest BCUT2D eigenvalue weighted by Crippen LogP contribution is 2.23. The number of benzene rings is 1. The SMILES string of the molecule is CCC(CCl)c1cccc(Cl)c1. The van der Waals surface area contributed by atoms with Crippen molar-refractivity contribution in [2.75, 3.05) is 5.88 Å². The molecule has 0 aliphatic carbocycles. The summed E-state index contributed by atoms with van der Waals surface area (Å²) < 4.78 is 0. The van der Waals surface area contributed by atoms with Crippen LogP contribution in [-0.2, 0) is 0 Å².